The summed E-state index contributed by atoms with van der Waals surface area (Å²) in [6, 6.07) is 0. The van der Waals surface area contributed by atoms with Crippen molar-refractivity contribution < 1.29 is 9.84 Å². The van der Waals surface area contributed by atoms with Crippen LogP contribution >= 0.6 is 0 Å². The van der Waals surface area contributed by atoms with Gasteiger partial charge in [0.25, 0.3) is 0 Å². The lowest BCUT2D eigenvalue weighted by molar-refractivity contribution is 0.000639. The molecule has 96 valence electrons. The highest BCUT2D eigenvalue weighted by Crippen LogP contribution is 2.20. The van der Waals surface area contributed by atoms with Crippen molar-refractivity contribution in [3.8, 4) is 0 Å². The van der Waals surface area contributed by atoms with Gasteiger partial charge in [0.1, 0.15) is 0 Å². The summed E-state index contributed by atoms with van der Waals surface area (Å²) in [5.41, 5.74) is 0. The second-order valence-corrected chi connectivity index (χ2v) is 5.35. The Morgan fingerprint density at radius 1 is 1.31 bits per heavy atom. The van der Waals surface area contributed by atoms with Crippen molar-refractivity contribution in [3.63, 3.8) is 0 Å². The Bertz CT molecular complexity index is 164. The van der Waals surface area contributed by atoms with Crippen LogP contribution in [0.4, 0.5) is 0 Å². The second kappa shape index (κ2) is 8.08. The zero-order valence-corrected chi connectivity index (χ0v) is 11.0. The number of aliphatic hydroxyl groups is 1. The minimum atomic E-state index is -0.118. The first-order chi connectivity index (χ1) is 7.72. The van der Waals surface area contributed by atoms with E-state index in [1.807, 2.05) is 0 Å². The van der Waals surface area contributed by atoms with Crippen molar-refractivity contribution in [2.24, 2.45) is 5.92 Å². The third-order valence-corrected chi connectivity index (χ3v) is 3.55. The first-order valence-electron chi connectivity index (χ1n) is 7.02. The molecule has 1 N–H and O–H groups in total. The van der Waals surface area contributed by atoms with E-state index in [4.69, 9.17) is 4.74 Å². The Kier molecular flexibility index (Phi) is 7.06. The number of rotatable bonds is 7. The minimum absolute atomic E-state index is 0.118. The molecule has 0 aliphatic carbocycles. The molecule has 1 aliphatic rings. The van der Waals surface area contributed by atoms with Crippen LogP contribution < -0.4 is 0 Å². The van der Waals surface area contributed by atoms with Crippen LogP contribution in [0.5, 0.6) is 0 Å². The maximum absolute atomic E-state index is 9.92. The summed E-state index contributed by atoms with van der Waals surface area (Å²) in [7, 11) is 0. The molecule has 0 amide bonds. The predicted molar refractivity (Wildman–Crippen MR) is 67.5 cm³/mol. The summed E-state index contributed by atoms with van der Waals surface area (Å²) in [6.45, 7) is 5.37. The summed E-state index contributed by atoms with van der Waals surface area (Å²) in [5, 5.41) is 9.92. The molecule has 0 radical (unpaired) electrons. The van der Waals surface area contributed by atoms with E-state index in [-0.39, 0.29) is 6.10 Å². The molecule has 1 fully saturated rings. The van der Waals surface area contributed by atoms with Crippen LogP contribution in [0.15, 0.2) is 0 Å². The molecule has 0 aromatic heterocycles. The Hall–Kier alpha value is -0.0800. The van der Waals surface area contributed by atoms with Gasteiger partial charge in [-0.15, -0.1) is 0 Å². The molecule has 1 saturated heterocycles. The van der Waals surface area contributed by atoms with Crippen molar-refractivity contribution in [2.45, 2.75) is 77.4 Å². The van der Waals surface area contributed by atoms with Gasteiger partial charge in [0.15, 0.2) is 0 Å². The van der Waals surface area contributed by atoms with Crippen LogP contribution in [0.25, 0.3) is 0 Å². The van der Waals surface area contributed by atoms with Crippen molar-refractivity contribution in [3.05, 3.63) is 0 Å². The van der Waals surface area contributed by atoms with Gasteiger partial charge in [0.2, 0.25) is 0 Å². The van der Waals surface area contributed by atoms with Crippen LogP contribution in [0, 0.1) is 5.92 Å². The van der Waals surface area contributed by atoms with Crippen LogP contribution in [0.2, 0.25) is 0 Å². The highest BCUT2D eigenvalue weighted by Gasteiger charge is 2.16. The summed E-state index contributed by atoms with van der Waals surface area (Å²) in [6.07, 6.45) is 9.38. The Labute approximate surface area is 100 Å². The van der Waals surface area contributed by atoms with Crippen molar-refractivity contribution in [1.29, 1.82) is 0 Å². The summed E-state index contributed by atoms with van der Waals surface area (Å²) in [4.78, 5) is 0. The first-order valence-corrected chi connectivity index (χ1v) is 7.02. The topological polar surface area (TPSA) is 29.5 Å². The van der Waals surface area contributed by atoms with E-state index in [1.54, 1.807) is 0 Å². The fourth-order valence-corrected chi connectivity index (χ4v) is 2.61. The zero-order chi connectivity index (χ0) is 11.8. The second-order valence-electron chi connectivity index (χ2n) is 5.35. The molecule has 0 saturated carbocycles. The smallest absolute Gasteiger partial charge is 0.0576 e. The average Bonchev–Trinajstić information content (AvgIpc) is 2.28. The Morgan fingerprint density at radius 3 is 2.75 bits per heavy atom. The first kappa shape index (κ1) is 14.0. The van der Waals surface area contributed by atoms with Crippen molar-refractivity contribution >= 4 is 0 Å². The molecular formula is C14H28O2. The Balaban J connectivity index is 2.06. The van der Waals surface area contributed by atoms with Gasteiger partial charge in [0.05, 0.1) is 12.2 Å². The van der Waals surface area contributed by atoms with Crippen LogP contribution in [-0.2, 0) is 4.74 Å². The Morgan fingerprint density at radius 2 is 2.12 bits per heavy atom. The fraction of sp³-hybridized carbons (Fsp3) is 1.00. The zero-order valence-electron chi connectivity index (χ0n) is 11.0. The standard InChI is InChI=1S/C14H28O2/c1-3-6-12(2)11-13(15)8-9-14-7-4-5-10-16-14/h12-15H,3-11H2,1-2H3. The van der Waals surface area contributed by atoms with E-state index < -0.39 is 0 Å². The monoisotopic (exact) mass is 228 g/mol. The molecule has 1 aliphatic heterocycles. The quantitative estimate of drug-likeness (QED) is 0.722. The van der Waals surface area contributed by atoms with Gasteiger partial charge in [-0.3, -0.25) is 0 Å². The molecule has 3 atom stereocenters. The van der Waals surface area contributed by atoms with Gasteiger partial charge >= 0.3 is 0 Å². The van der Waals surface area contributed by atoms with Gasteiger partial charge in [-0.1, -0.05) is 26.7 Å². The largest absolute Gasteiger partial charge is 0.393 e. The highest BCUT2D eigenvalue weighted by atomic mass is 16.5. The number of aliphatic hydroxyl groups excluding tert-OH is 1. The predicted octanol–water partition coefficient (Wildman–Crippen LogP) is 3.52. The van der Waals surface area contributed by atoms with Gasteiger partial charge in [-0.25, -0.2) is 0 Å². The molecule has 3 unspecified atom stereocenters. The number of hydrogen-bond donors (Lipinski definition) is 1. The molecule has 16 heavy (non-hydrogen) atoms. The lowest BCUT2D eigenvalue weighted by Crippen LogP contribution is -2.21. The van der Waals surface area contributed by atoms with Crippen LogP contribution in [-0.4, -0.2) is 23.9 Å². The molecule has 0 bridgehead atoms. The summed E-state index contributed by atoms with van der Waals surface area (Å²) >= 11 is 0. The SMILES string of the molecule is CCCC(C)CC(O)CCC1CCCCO1. The normalized spacial score (nSPS) is 25.3. The summed E-state index contributed by atoms with van der Waals surface area (Å²) < 4.78 is 5.67. The van der Waals surface area contributed by atoms with E-state index in [1.165, 1.54) is 32.1 Å². The minimum Gasteiger partial charge on any atom is -0.393 e. The summed E-state index contributed by atoms with van der Waals surface area (Å²) in [5.74, 6) is 0.660. The van der Waals surface area contributed by atoms with Gasteiger partial charge in [0, 0.05) is 6.61 Å². The third kappa shape index (κ3) is 5.86. The van der Waals surface area contributed by atoms with Gasteiger partial charge in [-0.2, -0.15) is 0 Å². The van der Waals surface area contributed by atoms with E-state index >= 15 is 0 Å². The fourth-order valence-electron chi connectivity index (χ4n) is 2.61. The van der Waals surface area contributed by atoms with Gasteiger partial charge in [-0.05, 0) is 44.4 Å². The van der Waals surface area contributed by atoms with Crippen molar-refractivity contribution in [2.75, 3.05) is 6.61 Å². The lowest BCUT2D eigenvalue weighted by atomic mass is 9.95. The molecule has 1 heterocycles. The maximum Gasteiger partial charge on any atom is 0.0576 e. The molecular weight excluding hydrogens is 200 g/mol. The van der Waals surface area contributed by atoms with E-state index in [9.17, 15) is 5.11 Å². The number of hydrogen-bond acceptors (Lipinski definition) is 2. The maximum atomic E-state index is 9.92. The molecule has 0 aromatic carbocycles. The van der Waals surface area contributed by atoms with Crippen molar-refractivity contribution in [1.82, 2.24) is 0 Å². The van der Waals surface area contributed by atoms with Crippen LogP contribution in [0.3, 0.4) is 0 Å². The molecule has 2 heteroatoms. The highest BCUT2D eigenvalue weighted by molar-refractivity contribution is 4.68. The number of ether oxygens (including phenoxy) is 1. The lowest BCUT2D eigenvalue weighted by Gasteiger charge is -2.24. The third-order valence-electron chi connectivity index (χ3n) is 3.55. The van der Waals surface area contributed by atoms with Crippen LogP contribution in [0.1, 0.15) is 65.2 Å². The molecule has 0 spiro atoms. The van der Waals surface area contributed by atoms with E-state index in [0.29, 0.717) is 12.0 Å². The molecule has 1 rings (SSSR count). The van der Waals surface area contributed by atoms with E-state index in [0.717, 1.165) is 25.9 Å². The molecule has 2 nitrogen and oxygen atoms in total. The molecule has 0 aromatic rings. The van der Waals surface area contributed by atoms with E-state index in [2.05, 4.69) is 13.8 Å². The average molecular weight is 228 g/mol. The van der Waals surface area contributed by atoms with Gasteiger partial charge < -0.3 is 9.84 Å².